The highest BCUT2D eigenvalue weighted by Crippen LogP contribution is 2.20. The Hall–Kier alpha value is -1.30. The van der Waals surface area contributed by atoms with Gasteiger partial charge in [0.25, 0.3) is 0 Å². The summed E-state index contributed by atoms with van der Waals surface area (Å²) in [5, 5.41) is 0. The van der Waals surface area contributed by atoms with Crippen LogP contribution >= 0.6 is 0 Å². The van der Waals surface area contributed by atoms with E-state index in [4.69, 9.17) is 5.73 Å². The molecule has 6 heteroatoms. The molecule has 18 heavy (non-hydrogen) atoms. The first-order chi connectivity index (χ1) is 8.31. The monoisotopic (exact) mass is 261 g/mol. The summed E-state index contributed by atoms with van der Waals surface area (Å²) in [6.07, 6.45) is -1.97. The Morgan fingerprint density at radius 2 is 2.06 bits per heavy atom. The second kappa shape index (κ2) is 6.04. The van der Waals surface area contributed by atoms with Crippen molar-refractivity contribution in [3.8, 4) is 0 Å². The van der Waals surface area contributed by atoms with Gasteiger partial charge in [0.1, 0.15) is 12.4 Å². The van der Waals surface area contributed by atoms with Gasteiger partial charge in [0.15, 0.2) is 0 Å². The van der Waals surface area contributed by atoms with Crippen molar-refractivity contribution in [1.29, 1.82) is 0 Å². The number of rotatable bonds is 5. The molecule has 2 N–H and O–H groups in total. The summed E-state index contributed by atoms with van der Waals surface area (Å²) in [7, 11) is 0. The highest BCUT2D eigenvalue weighted by atomic mass is 19.4. The van der Waals surface area contributed by atoms with E-state index in [1.807, 2.05) is 6.92 Å². The minimum Gasteiger partial charge on any atom is -0.348 e. The number of aromatic nitrogens is 1. The lowest BCUT2D eigenvalue weighted by atomic mass is 10.1. The normalized spacial score (nSPS) is 13.4. The Bertz CT molecular complexity index is 360. The molecule has 1 aromatic heterocycles. The smallest absolute Gasteiger partial charge is 0.348 e. The van der Waals surface area contributed by atoms with E-state index in [0.717, 1.165) is 5.56 Å². The van der Waals surface area contributed by atoms with E-state index in [1.54, 1.807) is 25.3 Å². The van der Waals surface area contributed by atoms with Crippen molar-refractivity contribution >= 4 is 5.82 Å². The molecule has 1 aromatic rings. The van der Waals surface area contributed by atoms with Gasteiger partial charge in [-0.2, -0.15) is 13.2 Å². The van der Waals surface area contributed by atoms with Gasteiger partial charge < -0.3 is 10.6 Å². The van der Waals surface area contributed by atoms with Crippen LogP contribution in [0.4, 0.5) is 19.0 Å². The molecule has 3 nitrogen and oxygen atoms in total. The lowest BCUT2D eigenvalue weighted by Gasteiger charge is -2.23. The fraction of sp³-hybridized carbons (Fsp3) is 0.583. The first-order valence-electron chi connectivity index (χ1n) is 5.84. The fourth-order valence-electron chi connectivity index (χ4n) is 1.67. The van der Waals surface area contributed by atoms with Gasteiger partial charge in [-0.05, 0) is 31.9 Å². The van der Waals surface area contributed by atoms with Crippen molar-refractivity contribution in [2.45, 2.75) is 32.5 Å². The summed E-state index contributed by atoms with van der Waals surface area (Å²) in [6, 6.07) is 3.38. The molecule has 1 atom stereocenters. The zero-order valence-electron chi connectivity index (χ0n) is 10.5. The molecular weight excluding hydrogens is 243 g/mol. The van der Waals surface area contributed by atoms with Gasteiger partial charge >= 0.3 is 6.18 Å². The molecule has 0 fully saturated rings. The predicted octanol–water partition coefficient (Wildman–Crippen LogP) is 2.36. The molecule has 0 amide bonds. The van der Waals surface area contributed by atoms with Crippen LogP contribution in [0.2, 0.25) is 0 Å². The molecule has 0 saturated carbocycles. The molecule has 0 bridgehead atoms. The van der Waals surface area contributed by atoms with E-state index in [2.05, 4.69) is 4.98 Å². The molecule has 0 aliphatic heterocycles. The molecule has 102 valence electrons. The first-order valence-corrected chi connectivity index (χ1v) is 5.84. The van der Waals surface area contributed by atoms with Gasteiger partial charge in [-0.3, -0.25) is 0 Å². The van der Waals surface area contributed by atoms with Crippen LogP contribution in [-0.2, 0) is 6.42 Å². The van der Waals surface area contributed by atoms with Gasteiger partial charge in [0.05, 0.1) is 0 Å². The Morgan fingerprint density at radius 1 is 1.39 bits per heavy atom. The molecule has 1 rings (SSSR count). The van der Waals surface area contributed by atoms with Crippen molar-refractivity contribution in [2.24, 2.45) is 5.73 Å². The average molecular weight is 261 g/mol. The number of nitrogens with two attached hydrogens (primary N) is 1. The highest BCUT2D eigenvalue weighted by molar-refractivity contribution is 5.39. The number of halogens is 3. The van der Waals surface area contributed by atoms with Crippen LogP contribution in [-0.4, -0.2) is 30.3 Å². The van der Waals surface area contributed by atoms with Crippen molar-refractivity contribution in [1.82, 2.24) is 4.98 Å². The maximum absolute atomic E-state index is 12.3. The van der Waals surface area contributed by atoms with Gasteiger partial charge in [-0.15, -0.1) is 0 Å². The minimum absolute atomic E-state index is 0.00935. The summed E-state index contributed by atoms with van der Waals surface area (Å²) in [4.78, 5) is 5.25. The molecule has 0 aromatic carbocycles. The highest BCUT2D eigenvalue weighted by Gasteiger charge is 2.30. The zero-order valence-corrected chi connectivity index (χ0v) is 10.5. The van der Waals surface area contributed by atoms with Crippen LogP contribution in [0.15, 0.2) is 18.3 Å². The quantitative estimate of drug-likeness (QED) is 0.884. The summed E-state index contributed by atoms with van der Waals surface area (Å²) in [6.45, 7) is 2.82. The number of hydrogen-bond donors (Lipinski definition) is 1. The second-order valence-corrected chi connectivity index (χ2v) is 4.34. The minimum atomic E-state index is -4.22. The van der Waals surface area contributed by atoms with Crippen LogP contribution in [0.3, 0.4) is 0 Å². The van der Waals surface area contributed by atoms with Crippen molar-refractivity contribution in [2.75, 3.05) is 18.0 Å². The van der Waals surface area contributed by atoms with Crippen LogP contribution in [0.5, 0.6) is 0 Å². The molecule has 0 spiro atoms. The predicted molar refractivity (Wildman–Crippen MR) is 65.5 cm³/mol. The third-order valence-corrected chi connectivity index (χ3v) is 2.44. The maximum atomic E-state index is 12.3. The molecule has 1 unspecified atom stereocenters. The molecule has 0 aliphatic rings. The number of alkyl halides is 3. The van der Waals surface area contributed by atoms with Gasteiger partial charge in [-0.1, -0.05) is 6.07 Å². The van der Waals surface area contributed by atoms with Crippen LogP contribution in [0.1, 0.15) is 19.4 Å². The lowest BCUT2D eigenvalue weighted by molar-refractivity contribution is -0.119. The van der Waals surface area contributed by atoms with E-state index in [1.165, 1.54) is 4.90 Å². The van der Waals surface area contributed by atoms with Crippen molar-refractivity contribution < 1.29 is 13.2 Å². The number of pyridine rings is 1. The summed E-state index contributed by atoms with van der Waals surface area (Å²) >= 11 is 0. The lowest BCUT2D eigenvalue weighted by Crippen LogP contribution is -2.34. The second-order valence-electron chi connectivity index (χ2n) is 4.34. The third-order valence-electron chi connectivity index (χ3n) is 2.44. The first kappa shape index (κ1) is 14.8. The van der Waals surface area contributed by atoms with Crippen LogP contribution in [0.25, 0.3) is 0 Å². The van der Waals surface area contributed by atoms with Crippen molar-refractivity contribution in [3.63, 3.8) is 0 Å². The van der Waals surface area contributed by atoms with E-state index in [-0.39, 0.29) is 12.6 Å². The van der Waals surface area contributed by atoms with Crippen molar-refractivity contribution in [3.05, 3.63) is 23.9 Å². The van der Waals surface area contributed by atoms with E-state index < -0.39 is 12.7 Å². The molecule has 0 aliphatic carbocycles. The number of hydrogen-bond acceptors (Lipinski definition) is 3. The topological polar surface area (TPSA) is 42.1 Å². The fourth-order valence-corrected chi connectivity index (χ4v) is 1.67. The van der Waals surface area contributed by atoms with Crippen LogP contribution < -0.4 is 10.6 Å². The SMILES string of the molecule is CCN(CC(F)(F)F)c1ccc(CC(C)N)cn1. The maximum Gasteiger partial charge on any atom is 0.405 e. The van der Waals surface area contributed by atoms with E-state index in [0.29, 0.717) is 12.2 Å². The van der Waals surface area contributed by atoms with Gasteiger partial charge in [0.2, 0.25) is 0 Å². The molecule has 0 radical (unpaired) electrons. The average Bonchev–Trinajstić information content (AvgIpc) is 2.25. The Morgan fingerprint density at radius 3 is 2.44 bits per heavy atom. The Kier molecular flexibility index (Phi) is 4.95. The summed E-state index contributed by atoms with van der Waals surface area (Å²) in [5.41, 5.74) is 6.57. The summed E-state index contributed by atoms with van der Waals surface area (Å²) in [5.74, 6) is 0.336. The van der Waals surface area contributed by atoms with Gasteiger partial charge in [-0.25, -0.2) is 4.98 Å². The molecular formula is C12H18F3N3. The third kappa shape index (κ3) is 4.91. The summed E-state index contributed by atoms with van der Waals surface area (Å²) < 4.78 is 37.0. The van der Waals surface area contributed by atoms with Crippen LogP contribution in [0, 0.1) is 0 Å². The van der Waals surface area contributed by atoms with E-state index >= 15 is 0 Å². The largest absolute Gasteiger partial charge is 0.405 e. The number of anilines is 1. The molecule has 1 heterocycles. The zero-order chi connectivity index (χ0) is 13.8. The Labute approximate surface area is 105 Å². The van der Waals surface area contributed by atoms with Gasteiger partial charge in [0, 0.05) is 18.8 Å². The van der Waals surface area contributed by atoms with E-state index in [9.17, 15) is 13.2 Å². The Balaban J connectivity index is 2.75. The number of nitrogens with zero attached hydrogens (tertiary/aromatic N) is 2. The molecule has 0 saturated heterocycles. The standard InChI is InChI=1S/C12H18F3N3/c1-3-18(8-12(13,14)15)11-5-4-10(7-17-11)6-9(2)16/h4-5,7,9H,3,6,8,16H2,1-2H3.